The molecule has 2 aromatic carbocycles. The molecular weight excluding hydrogens is 422 g/mol. The number of ether oxygens (including phenoxy) is 1. The predicted octanol–water partition coefficient (Wildman–Crippen LogP) is 2.99. The molecule has 28 heavy (non-hydrogen) atoms. The highest BCUT2D eigenvalue weighted by Gasteiger charge is 2.62. The Morgan fingerprint density at radius 2 is 1.68 bits per heavy atom. The average Bonchev–Trinajstić information content (AvgIpc) is 3.34. The van der Waals surface area contributed by atoms with Crippen LogP contribution in [0.4, 0.5) is 5.69 Å². The van der Waals surface area contributed by atoms with E-state index >= 15 is 0 Å². The fraction of sp³-hybridized carbons (Fsp3) is 0.333. The van der Waals surface area contributed by atoms with E-state index in [-0.39, 0.29) is 17.9 Å². The van der Waals surface area contributed by atoms with Gasteiger partial charge in [-0.25, -0.2) is 14.9 Å². The zero-order chi connectivity index (χ0) is 19.4. The van der Waals surface area contributed by atoms with Crippen molar-refractivity contribution in [3.63, 3.8) is 0 Å². The Hall–Kier alpha value is -2.22. The molecule has 0 aliphatic carbocycles. The summed E-state index contributed by atoms with van der Waals surface area (Å²) in [6.45, 7) is 1.67. The van der Waals surface area contributed by atoms with E-state index in [9.17, 15) is 9.59 Å². The van der Waals surface area contributed by atoms with Crippen molar-refractivity contribution in [3.05, 3.63) is 58.6 Å². The number of methoxy groups -OCH3 is 1. The summed E-state index contributed by atoms with van der Waals surface area (Å²) in [5.74, 6) is 0.126. The fourth-order valence-electron chi connectivity index (χ4n) is 4.78. The number of amides is 2. The molecule has 144 valence electrons. The quantitative estimate of drug-likeness (QED) is 0.685. The van der Waals surface area contributed by atoms with Gasteiger partial charge in [-0.3, -0.25) is 9.59 Å². The van der Waals surface area contributed by atoms with Crippen molar-refractivity contribution in [2.75, 3.05) is 25.1 Å². The molecule has 3 atom stereocenters. The maximum Gasteiger partial charge on any atom is 0.253 e. The zero-order valence-electron chi connectivity index (χ0n) is 15.4. The van der Waals surface area contributed by atoms with Gasteiger partial charge < -0.3 is 4.74 Å². The first kappa shape index (κ1) is 17.8. The molecule has 2 amide bonds. The SMILES string of the molecule is COc1ccc([C@@H]2[C@@H]3C(=O)N(c4cccc(Br)c4)C(=O)[C@@H]3N3CCCN23)cc1. The molecule has 0 radical (unpaired) electrons. The number of halogens is 1. The molecule has 0 bridgehead atoms. The first-order valence-electron chi connectivity index (χ1n) is 9.40. The van der Waals surface area contributed by atoms with Crippen molar-refractivity contribution < 1.29 is 14.3 Å². The van der Waals surface area contributed by atoms with Crippen molar-refractivity contribution in [3.8, 4) is 5.75 Å². The molecule has 7 heteroatoms. The number of rotatable bonds is 3. The first-order valence-corrected chi connectivity index (χ1v) is 10.2. The Kier molecular flexibility index (Phi) is 4.26. The average molecular weight is 442 g/mol. The largest absolute Gasteiger partial charge is 0.497 e. The lowest BCUT2D eigenvalue weighted by Crippen LogP contribution is -2.44. The Morgan fingerprint density at radius 1 is 0.964 bits per heavy atom. The molecule has 0 spiro atoms. The smallest absolute Gasteiger partial charge is 0.253 e. The number of nitrogens with zero attached hydrogens (tertiary/aromatic N) is 3. The lowest BCUT2D eigenvalue weighted by atomic mass is 9.90. The van der Waals surface area contributed by atoms with Gasteiger partial charge in [0, 0.05) is 17.6 Å². The topological polar surface area (TPSA) is 53.1 Å². The van der Waals surface area contributed by atoms with Gasteiger partial charge in [0.25, 0.3) is 5.91 Å². The number of carbonyl (C=O) groups excluding carboxylic acids is 2. The summed E-state index contributed by atoms with van der Waals surface area (Å²) >= 11 is 3.44. The van der Waals surface area contributed by atoms with E-state index in [4.69, 9.17) is 4.74 Å². The minimum absolute atomic E-state index is 0.122. The number of fused-ring (bicyclic) bond motifs is 3. The number of anilines is 1. The lowest BCUT2D eigenvalue weighted by Gasteiger charge is -2.29. The van der Waals surface area contributed by atoms with Crippen LogP contribution in [0, 0.1) is 5.92 Å². The molecule has 3 aliphatic rings. The third-order valence-corrected chi connectivity index (χ3v) is 6.42. The molecule has 0 saturated carbocycles. The second kappa shape index (κ2) is 6.69. The van der Waals surface area contributed by atoms with Crippen LogP contribution >= 0.6 is 15.9 Å². The third-order valence-electron chi connectivity index (χ3n) is 5.93. The third kappa shape index (κ3) is 2.53. The first-order chi connectivity index (χ1) is 13.6. The van der Waals surface area contributed by atoms with Crippen LogP contribution in [0.3, 0.4) is 0 Å². The van der Waals surface area contributed by atoms with E-state index in [0.29, 0.717) is 5.69 Å². The minimum Gasteiger partial charge on any atom is -0.497 e. The number of imide groups is 1. The van der Waals surface area contributed by atoms with Gasteiger partial charge in [0.05, 0.1) is 24.8 Å². The van der Waals surface area contributed by atoms with Gasteiger partial charge in [0.2, 0.25) is 5.91 Å². The monoisotopic (exact) mass is 441 g/mol. The highest BCUT2D eigenvalue weighted by atomic mass is 79.9. The molecular formula is C21H20BrN3O3. The van der Waals surface area contributed by atoms with Gasteiger partial charge in [-0.1, -0.05) is 34.1 Å². The molecule has 6 nitrogen and oxygen atoms in total. The van der Waals surface area contributed by atoms with Crippen molar-refractivity contribution in [1.82, 2.24) is 10.0 Å². The summed E-state index contributed by atoms with van der Waals surface area (Å²) < 4.78 is 6.12. The van der Waals surface area contributed by atoms with E-state index in [1.807, 2.05) is 48.5 Å². The number of hydrazine groups is 1. The van der Waals surface area contributed by atoms with Crippen molar-refractivity contribution >= 4 is 33.4 Å². The second-order valence-electron chi connectivity index (χ2n) is 7.36. The van der Waals surface area contributed by atoms with Crippen molar-refractivity contribution in [2.45, 2.75) is 18.5 Å². The number of hydrogen-bond donors (Lipinski definition) is 0. The van der Waals surface area contributed by atoms with Crippen molar-refractivity contribution in [2.24, 2.45) is 5.92 Å². The summed E-state index contributed by atoms with van der Waals surface area (Å²) in [6.07, 6.45) is 0.994. The number of benzene rings is 2. The van der Waals surface area contributed by atoms with E-state index in [1.54, 1.807) is 7.11 Å². The van der Waals surface area contributed by atoms with Crippen LogP contribution in [0.15, 0.2) is 53.0 Å². The standard InChI is InChI=1S/C21H20BrN3O3/c1-28-16-8-6-13(7-9-16)18-17-19(24-11-3-10-23(18)24)21(27)25(20(17)26)15-5-2-4-14(22)12-15/h2,4-9,12,17-19H,3,10-11H2,1H3/t17-,18+,19+/m0/s1. The zero-order valence-corrected chi connectivity index (χ0v) is 17.0. The molecule has 0 N–H and O–H groups in total. The van der Waals surface area contributed by atoms with E-state index in [1.165, 1.54) is 4.90 Å². The summed E-state index contributed by atoms with van der Waals surface area (Å²) in [6, 6.07) is 14.6. The van der Waals surface area contributed by atoms with Gasteiger partial charge in [-0.15, -0.1) is 0 Å². The summed E-state index contributed by atoms with van der Waals surface area (Å²) in [5.41, 5.74) is 1.66. The highest BCUT2D eigenvalue weighted by Crippen LogP contribution is 2.49. The van der Waals surface area contributed by atoms with Crippen LogP contribution in [0.5, 0.6) is 5.75 Å². The maximum atomic E-state index is 13.5. The Bertz CT molecular complexity index is 948. The molecule has 0 unspecified atom stereocenters. The van der Waals surface area contributed by atoms with Gasteiger partial charge in [0.15, 0.2) is 0 Å². The highest BCUT2D eigenvalue weighted by molar-refractivity contribution is 9.10. The number of carbonyl (C=O) groups is 2. The van der Waals surface area contributed by atoms with Crippen LogP contribution in [-0.4, -0.2) is 48.1 Å². The molecule has 3 aliphatic heterocycles. The van der Waals surface area contributed by atoms with Crippen molar-refractivity contribution in [1.29, 1.82) is 0 Å². The second-order valence-corrected chi connectivity index (χ2v) is 8.28. The molecule has 3 heterocycles. The summed E-state index contributed by atoms with van der Waals surface area (Å²) in [7, 11) is 1.64. The molecule has 3 fully saturated rings. The lowest BCUT2D eigenvalue weighted by molar-refractivity contribution is -0.126. The van der Waals surface area contributed by atoms with E-state index in [0.717, 1.165) is 35.3 Å². The van der Waals surface area contributed by atoms with Gasteiger partial charge in [-0.05, 0) is 42.3 Å². The van der Waals surface area contributed by atoms with Gasteiger partial charge in [-0.2, -0.15) is 0 Å². The summed E-state index contributed by atoms with van der Waals surface area (Å²) in [4.78, 5) is 28.2. The van der Waals surface area contributed by atoms with Crippen LogP contribution in [0.2, 0.25) is 0 Å². The Labute approximate surface area is 171 Å². The van der Waals surface area contributed by atoms with Gasteiger partial charge >= 0.3 is 0 Å². The predicted molar refractivity (Wildman–Crippen MR) is 108 cm³/mol. The fourth-order valence-corrected chi connectivity index (χ4v) is 5.17. The molecule has 0 aromatic heterocycles. The molecule has 3 saturated heterocycles. The van der Waals surface area contributed by atoms with Crippen LogP contribution < -0.4 is 9.64 Å². The minimum atomic E-state index is -0.430. The van der Waals surface area contributed by atoms with Gasteiger partial charge in [0.1, 0.15) is 11.8 Å². The van der Waals surface area contributed by atoms with E-state index < -0.39 is 12.0 Å². The molecule has 5 rings (SSSR count). The normalized spacial score (nSPS) is 27.4. The van der Waals surface area contributed by atoms with E-state index in [2.05, 4.69) is 25.9 Å². The van der Waals surface area contributed by atoms with Crippen LogP contribution in [-0.2, 0) is 9.59 Å². The Balaban J connectivity index is 1.56. The Morgan fingerprint density at radius 3 is 2.36 bits per heavy atom. The number of hydrogen-bond acceptors (Lipinski definition) is 5. The van der Waals surface area contributed by atoms with Crippen LogP contribution in [0.25, 0.3) is 0 Å². The molecule has 2 aromatic rings. The summed E-state index contributed by atoms with van der Waals surface area (Å²) in [5, 5.41) is 4.32. The van der Waals surface area contributed by atoms with Crippen LogP contribution in [0.1, 0.15) is 18.0 Å². The maximum absolute atomic E-state index is 13.5.